The number of nitrogens with zero attached hydrogens (tertiary/aromatic N) is 3. The normalized spacial score (nSPS) is 16.7. The van der Waals surface area contributed by atoms with E-state index in [0.29, 0.717) is 27.9 Å². The first-order valence-electron chi connectivity index (χ1n) is 11.6. The Morgan fingerprint density at radius 1 is 1.28 bits per heavy atom. The fourth-order valence-electron chi connectivity index (χ4n) is 4.82. The maximum Gasteiger partial charge on any atom is 0.252 e. The standard InChI is InChI=1S/C26H22BrN5O3S/c1-35-16-3-4-20-18(9-16)23(6-7-28-20)32-22-5-2-15(8-14(22)12-29-32)30-26(34)17-10-21-24(11-19(17)27)36-13-25(33)31-21/h3-4,6-7,9-12,15H,2,5,8,13H2,1H3,(H,30,34)(H,31,33). The molecule has 0 spiro atoms. The van der Waals surface area contributed by atoms with Crippen LogP contribution in [0.15, 0.2) is 58.2 Å². The third-order valence-corrected chi connectivity index (χ3v) is 8.30. The molecule has 1 unspecified atom stereocenters. The number of nitrogens with one attached hydrogen (secondary N) is 2. The van der Waals surface area contributed by atoms with Gasteiger partial charge in [0, 0.05) is 32.7 Å². The van der Waals surface area contributed by atoms with Gasteiger partial charge in [0.05, 0.1) is 41.5 Å². The molecule has 0 saturated carbocycles. The van der Waals surface area contributed by atoms with Crippen LogP contribution in [0.25, 0.3) is 16.6 Å². The van der Waals surface area contributed by atoms with Crippen LogP contribution in [-0.4, -0.2) is 45.5 Å². The molecule has 10 heteroatoms. The van der Waals surface area contributed by atoms with Gasteiger partial charge in [0.25, 0.3) is 5.91 Å². The number of carbonyl (C=O) groups excluding carboxylic acids is 2. The molecule has 2 N–H and O–H groups in total. The summed E-state index contributed by atoms with van der Waals surface area (Å²) in [5.41, 5.74) is 5.29. The van der Waals surface area contributed by atoms with E-state index in [1.165, 1.54) is 11.8 Å². The topological polar surface area (TPSA) is 98.1 Å². The average molecular weight is 564 g/mol. The highest BCUT2D eigenvalue weighted by molar-refractivity contribution is 9.10. The number of fused-ring (bicyclic) bond motifs is 3. The van der Waals surface area contributed by atoms with Gasteiger partial charge in [0.1, 0.15) is 5.75 Å². The molecule has 8 nitrogen and oxygen atoms in total. The van der Waals surface area contributed by atoms with Crippen LogP contribution < -0.4 is 15.4 Å². The maximum atomic E-state index is 13.1. The summed E-state index contributed by atoms with van der Waals surface area (Å²) in [7, 11) is 1.65. The molecule has 0 fully saturated rings. The number of pyridine rings is 1. The molecule has 0 radical (unpaired) electrons. The second kappa shape index (κ2) is 9.25. The van der Waals surface area contributed by atoms with Crippen LogP contribution >= 0.6 is 27.7 Å². The number of rotatable bonds is 4. The molecule has 6 rings (SSSR count). The summed E-state index contributed by atoms with van der Waals surface area (Å²) in [6.07, 6.45) is 5.96. The van der Waals surface area contributed by atoms with E-state index in [1.54, 1.807) is 19.4 Å². The molecule has 1 aliphatic heterocycles. The Labute approximate surface area is 219 Å². The first-order chi connectivity index (χ1) is 17.5. The predicted molar refractivity (Wildman–Crippen MR) is 142 cm³/mol. The zero-order valence-electron chi connectivity index (χ0n) is 19.4. The number of hydrogen-bond acceptors (Lipinski definition) is 6. The first-order valence-corrected chi connectivity index (χ1v) is 13.3. The Kier molecular flexibility index (Phi) is 5.93. The van der Waals surface area contributed by atoms with E-state index < -0.39 is 0 Å². The van der Waals surface area contributed by atoms with Gasteiger partial charge in [-0.2, -0.15) is 5.10 Å². The minimum Gasteiger partial charge on any atom is -0.497 e. The highest BCUT2D eigenvalue weighted by Gasteiger charge is 2.27. The van der Waals surface area contributed by atoms with Crippen molar-refractivity contribution in [2.45, 2.75) is 30.2 Å². The molecule has 4 aromatic rings. The number of ether oxygens (including phenoxy) is 1. The second-order valence-corrected chi connectivity index (χ2v) is 10.7. The number of methoxy groups -OCH3 is 1. The summed E-state index contributed by atoms with van der Waals surface area (Å²) >= 11 is 5.00. The molecule has 0 bridgehead atoms. The maximum absolute atomic E-state index is 13.1. The summed E-state index contributed by atoms with van der Waals surface area (Å²) in [6.45, 7) is 0. The van der Waals surface area contributed by atoms with E-state index in [9.17, 15) is 9.59 Å². The lowest BCUT2D eigenvalue weighted by atomic mass is 9.93. The molecule has 182 valence electrons. The van der Waals surface area contributed by atoms with Gasteiger partial charge in [-0.3, -0.25) is 14.6 Å². The highest BCUT2D eigenvalue weighted by Crippen LogP contribution is 2.36. The molecule has 2 aromatic heterocycles. The van der Waals surface area contributed by atoms with E-state index in [-0.39, 0.29) is 17.9 Å². The van der Waals surface area contributed by atoms with Crippen molar-refractivity contribution < 1.29 is 14.3 Å². The summed E-state index contributed by atoms with van der Waals surface area (Å²) < 4.78 is 8.11. The van der Waals surface area contributed by atoms with Gasteiger partial charge >= 0.3 is 0 Å². The lowest BCUT2D eigenvalue weighted by Crippen LogP contribution is -2.39. The smallest absolute Gasteiger partial charge is 0.252 e. The van der Waals surface area contributed by atoms with E-state index in [1.807, 2.05) is 41.2 Å². The number of aromatic nitrogens is 3. The number of anilines is 1. The van der Waals surface area contributed by atoms with E-state index in [2.05, 4.69) is 31.5 Å². The summed E-state index contributed by atoms with van der Waals surface area (Å²) in [5.74, 6) is 0.930. The number of amides is 2. The monoisotopic (exact) mass is 563 g/mol. The highest BCUT2D eigenvalue weighted by atomic mass is 79.9. The van der Waals surface area contributed by atoms with Crippen LogP contribution in [0.3, 0.4) is 0 Å². The third kappa shape index (κ3) is 4.14. The van der Waals surface area contributed by atoms with Crippen molar-refractivity contribution in [2.24, 2.45) is 0 Å². The molecule has 1 atom stereocenters. The lowest BCUT2D eigenvalue weighted by molar-refractivity contribution is -0.113. The van der Waals surface area contributed by atoms with Crippen molar-refractivity contribution in [3.8, 4) is 11.4 Å². The minimum atomic E-state index is -0.164. The van der Waals surface area contributed by atoms with E-state index in [0.717, 1.165) is 51.3 Å². The number of hydrogen-bond donors (Lipinski definition) is 2. The lowest BCUT2D eigenvalue weighted by Gasteiger charge is -2.25. The average Bonchev–Trinajstić information content (AvgIpc) is 3.30. The molecular formula is C26H22BrN5O3S. The van der Waals surface area contributed by atoms with Crippen LogP contribution in [0.4, 0.5) is 5.69 Å². The molecule has 2 amide bonds. The Hall–Kier alpha value is -3.37. The van der Waals surface area contributed by atoms with Gasteiger partial charge < -0.3 is 15.4 Å². The number of thioether (sulfide) groups is 1. The van der Waals surface area contributed by atoms with Gasteiger partial charge in [0.15, 0.2) is 0 Å². The van der Waals surface area contributed by atoms with Crippen molar-refractivity contribution in [1.82, 2.24) is 20.1 Å². The van der Waals surface area contributed by atoms with Gasteiger partial charge in [-0.15, -0.1) is 11.8 Å². The van der Waals surface area contributed by atoms with Gasteiger partial charge in [-0.25, -0.2) is 4.68 Å². The van der Waals surface area contributed by atoms with Crippen LogP contribution in [-0.2, 0) is 17.6 Å². The second-order valence-electron chi connectivity index (χ2n) is 8.82. The van der Waals surface area contributed by atoms with Gasteiger partial charge in [-0.1, -0.05) is 0 Å². The van der Waals surface area contributed by atoms with Crippen LogP contribution in [0.2, 0.25) is 0 Å². The zero-order chi connectivity index (χ0) is 24.8. The quantitative estimate of drug-likeness (QED) is 0.378. The molecule has 2 aliphatic rings. The summed E-state index contributed by atoms with van der Waals surface area (Å²) in [4.78, 5) is 30.4. The van der Waals surface area contributed by atoms with E-state index in [4.69, 9.17) is 9.84 Å². The Morgan fingerprint density at radius 2 is 2.17 bits per heavy atom. The largest absolute Gasteiger partial charge is 0.497 e. The molecule has 2 aromatic carbocycles. The number of benzene rings is 2. The van der Waals surface area contributed by atoms with Crippen LogP contribution in [0.5, 0.6) is 5.75 Å². The summed E-state index contributed by atoms with van der Waals surface area (Å²) in [6, 6.07) is 11.4. The van der Waals surface area contributed by atoms with Crippen molar-refractivity contribution in [3.63, 3.8) is 0 Å². The number of carbonyl (C=O) groups is 2. The minimum absolute atomic E-state index is 0.0103. The molecule has 1 aliphatic carbocycles. The van der Waals surface area contributed by atoms with Gasteiger partial charge in [-0.05, 0) is 77.2 Å². The van der Waals surface area contributed by atoms with Crippen molar-refractivity contribution in [3.05, 3.63) is 70.1 Å². The third-order valence-electron chi connectivity index (χ3n) is 6.59. The van der Waals surface area contributed by atoms with Crippen molar-refractivity contribution in [1.29, 1.82) is 0 Å². The molecule has 0 saturated heterocycles. The molecule has 3 heterocycles. The van der Waals surface area contributed by atoms with Gasteiger partial charge in [0.2, 0.25) is 5.91 Å². The van der Waals surface area contributed by atoms with Crippen molar-refractivity contribution >= 4 is 56.1 Å². The van der Waals surface area contributed by atoms with Crippen LogP contribution in [0.1, 0.15) is 28.0 Å². The van der Waals surface area contributed by atoms with Crippen molar-refractivity contribution in [2.75, 3.05) is 18.2 Å². The molecular weight excluding hydrogens is 542 g/mol. The fourth-order valence-corrected chi connectivity index (χ4v) is 6.32. The Bertz CT molecular complexity index is 1540. The summed E-state index contributed by atoms with van der Waals surface area (Å²) in [5, 5.41) is 11.7. The zero-order valence-corrected chi connectivity index (χ0v) is 21.8. The SMILES string of the molecule is COc1ccc2nccc(-n3ncc4c3CCC(NC(=O)c3cc5c(cc3Br)SCC(=O)N5)C4)c2c1. The Balaban J connectivity index is 1.23. The fraction of sp³-hybridized carbons (Fsp3) is 0.231. The van der Waals surface area contributed by atoms with E-state index >= 15 is 0 Å². The Morgan fingerprint density at radius 3 is 3.03 bits per heavy atom. The molecule has 36 heavy (non-hydrogen) atoms. The first kappa shape index (κ1) is 23.1. The predicted octanol–water partition coefficient (Wildman–Crippen LogP) is 4.52. The van der Waals surface area contributed by atoms with Crippen LogP contribution in [0, 0.1) is 0 Å². The number of halogens is 1.